The van der Waals surface area contributed by atoms with Crippen LogP contribution in [0.15, 0.2) is 23.2 Å². The van der Waals surface area contributed by atoms with E-state index in [1.165, 1.54) is 24.1 Å². The molecule has 3 nitrogen and oxygen atoms in total. The minimum atomic E-state index is 0.207. The lowest BCUT2D eigenvalue weighted by Crippen LogP contribution is -2.17. The second-order valence-electron chi connectivity index (χ2n) is 3.12. The van der Waals surface area contributed by atoms with Crippen LogP contribution in [0.5, 0.6) is 0 Å². The van der Waals surface area contributed by atoms with Crippen LogP contribution >= 0.6 is 11.6 Å². The van der Waals surface area contributed by atoms with Gasteiger partial charge in [0.2, 0.25) is 5.88 Å². The first-order chi connectivity index (χ1) is 6.86. The van der Waals surface area contributed by atoms with Crippen molar-refractivity contribution in [3.63, 3.8) is 0 Å². The van der Waals surface area contributed by atoms with Gasteiger partial charge in [-0.2, -0.15) is 0 Å². The Kier molecular flexibility index (Phi) is 5.49. The molecule has 0 aromatic rings. The van der Waals surface area contributed by atoms with E-state index in [0.717, 1.165) is 12.8 Å². The molecule has 80 valence electrons. The molecule has 0 fully saturated rings. The first kappa shape index (κ1) is 11.4. The Bertz CT molecular complexity index is 226. The van der Waals surface area contributed by atoms with Crippen LogP contribution in [0.1, 0.15) is 25.7 Å². The first-order valence-electron chi connectivity index (χ1n) is 4.75. The van der Waals surface area contributed by atoms with Crippen molar-refractivity contribution >= 4 is 11.6 Å². The van der Waals surface area contributed by atoms with E-state index >= 15 is 0 Å². The van der Waals surface area contributed by atoms with Crippen LogP contribution in [-0.4, -0.2) is 13.9 Å². The maximum Gasteiger partial charge on any atom is 0.205 e. The predicted molar refractivity (Wildman–Crippen MR) is 56.6 cm³/mol. The summed E-state index contributed by atoms with van der Waals surface area (Å²) in [6, 6.07) is 0. The van der Waals surface area contributed by atoms with Gasteiger partial charge in [0.25, 0.3) is 0 Å². The second kappa shape index (κ2) is 6.74. The topological polar surface area (TPSA) is 30.5 Å². The molecule has 0 saturated carbocycles. The van der Waals surface area contributed by atoms with Crippen LogP contribution < -0.4 is 5.32 Å². The molecule has 0 aromatic heterocycles. The normalized spacial score (nSPS) is 17.6. The molecule has 0 bridgehead atoms. The van der Waals surface area contributed by atoms with Gasteiger partial charge >= 0.3 is 0 Å². The molecular formula is C10H16ClNO2. The fraction of sp³-hybridized carbons (Fsp3) is 0.600. The van der Waals surface area contributed by atoms with Crippen molar-refractivity contribution in [3.05, 3.63) is 23.2 Å². The molecule has 0 unspecified atom stereocenters. The van der Waals surface area contributed by atoms with Crippen molar-refractivity contribution in [1.29, 1.82) is 0 Å². The summed E-state index contributed by atoms with van der Waals surface area (Å²) in [5.41, 5.74) is 2.56. The number of hydrogen-bond donors (Lipinski definition) is 1. The summed E-state index contributed by atoms with van der Waals surface area (Å²) in [5, 5.41) is 3.13. The lowest BCUT2D eigenvalue weighted by atomic mass is 10.1. The number of halogens is 1. The zero-order valence-corrected chi connectivity index (χ0v) is 9.14. The molecule has 0 spiro atoms. The molecule has 0 aliphatic heterocycles. The molecule has 1 rings (SSSR count). The maximum absolute atomic E-state index is 5.59. The zero-order chi connectivity index (χ0) is 10.2. The van der Waals surface area contributed by atoms with E-state index in [0.29, 0.717) is 5.88 Å². The highest BCUT2D eigenvalue weighted by Gasteiger charge is 2.05. The van der Waals surface area contributed by atoms with Gasteiger partial charge in [-0.05, 0) is 25.7 Å². The predicted octanol–water partition coefficient (Wildman–Crippen LogP) is 2.69. The molecule has 1 aliphatic carbocycles. The highest BCUT2D eigenvalue weighted by Crippen LogP contribution is 2.16. The minimum Gasteiger partial charge on any atom is -0.451 e. The Morgan fingerprint density at radius 1 is 1.64 bits per heavy atom. The van der Waals surface area contributed by atoms with Gasteiger partial charge in [-0.25, -0.2) is 0 Å². The SMILES string of the molecule is COCOC(=CCl)NC1=CCCCC1. The van der Waals surface area contributed by atoms with Crippen LogP contribution in [0.3, 0.4) is 0 Å². The monoisotopic (exact) mass is 217 g/mol. The highest BCUT2D eigenvalue weighted by atomic mass is 35.5. The van der Waals surface area contributed by atoms with Gasteiger partial charge in [-0.3, -0.25) is 0 Å². The van der Waals surface area contributed by atoms with Crippen LogP contribution in [0.25, 0.3) is 0 Å². The van der Waals surface area contributed by atoms with Crippen LogP contribution in [-0.2, 0) is 9.47 Å². The Morgan fingerprint density at radius 3 is 3.07 bits per heavy atom. The Balaban J connectivity index is 2.35. The van der Waals surface area contributed by atoms with Crippen molar-refractivity contribution in [1.82, 2.24) is 5.32 Å². The summed E-state index contributed by atoms with van der Waals surface area (Å²) in [4.78, 5) is 0. The molecule has 0 atom stereocenters. The summed E-state index contributed by atoms with van der Waals surface area (Å²) in [7, 11) is 1.58. The number of methoxy groups -OCH3 is 1. The molecule has 0 aromatic carbocycles. The average Bonchev–Trinajstić information content (AvgIpc) is 2.25. The third kappa shape index (κ3) is 4.03. The van der Waals surface area contributed by atoms with Gasteiger partial charge in [0, 0.05) is 12.8 Å². The summed E-state index contributed by atoms with van der Waals surface area (Å²) in [6.45, 7) is 0.207. The molecule has 14 heavy (non-hydrogen) atoms. The summed E-state index contributed by atoms with van der Waals surface area (Å²) < 4.78 is 9.98. The third-order valence-electron chi connectivity index (χ3n) is 2.01. The minimum absolute atomic E-state index is 0.207. The number of hydrogen-bond acceptors (Lipinski definition) is 3. The first-order valence-corrected chi connectivity index (χ1v) is 5.18. The van der Waals surface area contributed by atoms with E-state index in [2.05, 4.69) is 11.4 Å². The Morgan fingerprint density at radius 2 is 2.50 bits per heavy atom. The quantitative estimate of drug-likeness (QED) is 0.568. The van der Waals surface area contributed by atoms with Gasteiger partial charge in [0.15, 0.2) is 6.79 Å². The third-order valence-corrected chi connectivity index (χ3v) is 2.20. The highest BCUT2D eigenvalue weighted by molar-refractivity contribution is 6.25. The van der Waals surface area contributed by atoms with Gasteiger partial charge in [-0.1, -0.05) is 17.7 Å². The van der Waals surface area contributed by atoms with Gasteiger partial charge in [-0.15, -0.1) is 0 Å². The fourth-order valence-corrected chi connectivity index (χ4v) is 1.44. The van der Waals surface area contributed by atoms with Gasteiger partial charge in [0.05, 0.1) is 5.54 Å². The molecule has 0 saturated heterocycles. The Labute approximate surface area is 89.7 Å². The van der Waals surface area contributed by atoms with Gasteiger partial charge < -0.3 is 14.8 Å². The van der Waals surface area contributed by atoms with Crippen molar-refractivity contribution in [2.24, 2.45) is 0 Å². The number of nitrogens with one attached hydrogen (secondary N) is 1. The number of allylic oxidation sites excluding steroid dienone is 2. The smallest absolute Gasteiger partial charge is 0.205 e. The van der Waals surface area contributed by atoms with Gasteiger partial charge in [0.1, 0.15) is 0 Å². The summed E-state index contributed by atoms with van der Waals surface area (Å²) in [5.74, 6) is 0.543. The molecule has 1 aliphatic rings. The lowest BCUT2D eigenvalue weighted by molar-refractivity contribution is 0.000244. The second-order valence-corrected chi connectivity index (χ2v) is 3.34. The maximum atomic E-state index is 5.59. The number of rotatable bonds is 5. The van der Waals surface area contributed by atoms with Crippen LogP contribution in [0.2, 0.25) is 0 Å². The van der Waals surface area contributed by atoms with Crippen LogP contribution in [0, 0.1) is 0 Å². The molecule has 1 N–H and O–H groups in total. The molecule has 0 radical (unpaired) electrons. The summed E-state index contributed by atoms with van der Waals surface area (Å²) >= 11 is 5.59. The van der Waals surface area contributed by atoms with Crippen molar-refractivity contribution < 1.29 is 9.47 Å². The van der Waals surface area contributed by atoms with E-state index in [9.17, 15) is 0 Å². The van der Waals surface area contributed by atoms with E-state index < -0.39 is 0 Å². The number of ether oxygens (including phenoxy) is 2. The standard InChI is InChI=1S/C10H16ClNO2/c1-13-8-14-10(7-11)12-9-5-3-2-4-6-9/h5,7,12H,2-4,6,8H2,1H3. The van der Waals surface area contributed by atoms with Crippen molar-refractivity contribution in [3.8, 4) is 0 Å². The molecule has 0 heterocycles. The van der Waals surface area contributed by atoms with Crippen LogP contribution in [0.4, 0.5) is 0 Å². The zero-order valence-electron chi connectivity index (χ0n) is 8.38. The summed E-state index contributed by atoms with van der Waals surface area (Å²) in [6.07, 6.45) is 6.86. The van der Waals surface area contributed by atoms with Crippen molar-refractivity contribution in [2.75, 3.05) is 13.9 Å². The lowest BCUT2D eigenvalue weighted by Gasteiger charge is -2.16. The van der Waals surface area contributed by atoms with Crippen molar-refractivity contribution in [2.45, 2.75) is 25.7 Å². The molecule has 0 amide bonds. The molecule has 4 heteroatoms. The average molecular weight is 218 g/mol. The largest absolute Gasteiger partial charge is 0.451 e. The Hall–Kier alpha value is -0.670. The van der Waals surface area contributed by atoms with E-state index in [-0.39, 0.29) is 6.79 Å². The molecular weight excluding hydrogens is 202 g/mol. The fourth-order valence-electron chi connectivity index (χ4n) is 1.33. The van der Waals surface area contributed by atoms with E-state index in [1.54, 1.807) is 7.11 Å². The van der Waals surface area contributed by atoms with E-state index in [4.69, 9.17) is 21.1 Å². The van der Waals surface area contributed by atoms with E-state index in [1.807, 2.05) is 0 Å².